The highest BCUT2D eigenvalue weighted by molar-refractivity contribution is 6.43. The largest absolute Gasteiger partial charge is 0.485 e. The zero-order chi connectivity index (χ0) is 17.9. The summed E-state index contributed by atoms with van der Waals surface area (Å²) in [5.74, 6) is -0.575. The van der Waals surface area contributed by atoms with Gasteiger partial charge in [-0.15, -0.1) is 0 Å². The van der Waals surface area contributed by atoms with Gasteiger partial charge < -0.3 is 10.1 Å². The number of benzene rings is 2. The first-order valence-corrected chi connectivity index (χ1v) is 7.74. The second-order valence-corrected chi connectivity index (χ2v) is 5.97. The highest BCUT2D eigenvalue weighted by Crippen LogP contribution is 2.45. The lowest BCUT2D eigenvalue weighted by Gasteiger charge is -2.15. The smallest absolute Gasteiger partial charge is 0.298 e. The van der Waals surface area contributed by atoms with Gasteiger partial charge in [0, 0.05) is 18.0 Å². The zero-order valence-corrected chi connectivity index (χ0v) is 14.6. The fraction of sp³-hybridized carbons (Fsp3) is 0.133. The van der Waals surface area contributed by atoms with Crippen LogP contribution in [-0.2, 0) is 11.4 Å². The van der Waals surface area contributed by atoms with Crippen molar-refractivity contribution in [1.82, 2.24) is 0 Å². The zero-order valence-electron chi connectivity index (χ0n) is 12.3. The van der Waals surface area contributed by atoms with Crippen LogP contribution < -0.4 is 10.1 Å². The van der Waals surface area contributed by atoms with E-state index in [1.807, 2.05) is 0 Å². The van der Waals surface area contributed by atoms with Crippen molar-refractivity contribution in [2.45, 2.75) is 13.5 Å². The van der Waals surface area contributed by atoms with Crippen LogP contribution in [0.2, 0.25) is 15.1 Å². The van der Waals surface area contributed by atoms with Crippen LogP contribution in [0.1, 0.15) is 12.5 Å². The summed E-state index contributed by atoms with van der Waals surface area (Å²) in [6.45, 7) is 1.27. The van der Waals surface area contributed by atoms with Crippen molar-refractivity contribution < 1.29 is 14.5 Å². The van der Waals surface area contributed by atoms with Crippen LogP contribution in [0.5, 0.6) is 5.75 Å². The van der Waals surface area contributed by atoms with E-state index in [-0.39, 0.29) is 28.1 Å². The van der Waals surface area contributed by atoms with E-state index in [2.05, 4.69) is 5.32 Å². The molecule has 0 heterocycles. The molecule has 24 heavy (non-hydrogen) atoms. The molecule has 0 aromatic heterocycles. The van der Waals surface area contributed by atoms with Gasteiger partial charge in [0.25, 0.3) is 5.69 Å². The number of ether oxygens (including phenoxy) is 1. The van der Waals surface area contributed by atoms with E-state index in [0.717, 1.165) is 11.6 Å². The summed E-state index contributed by atoms with van der Waals surface area (Å²) in [6, 6.07) is 7.87. The fourth-order valence-electron chi connectivity index (χ4n) is 1.90. The maximum Gasteiger partial charge on any atom is 0.298 e. The number of nitro groups is 1. The average molecular weight is 390 g/mol. The van der Waals surface area contributed by atoms with Crippen LogP contribution in [0.3, 0.4) is 0 Å². The Hall–Kier alpha value is -2.02. The molecule has 1 N–H and O–H groups in total. The van der Waals surface area contributed by atoms with Gasteiger partial charge in [-0.3, -0.25) is 14.9 Å². The molecule has 0 unspecified atom stereocenters. The molecule has 0 atom stereocenters. The van der Waals surface area contributed by atoms with Crippen LogP contribution in [0.4, 0.5) is 11.4 Å². The van der Waals surface area contributed by atoms with Crippen LogP contribution in [0, 0.1) is 10.1 Å². The number of carbonyl (C=O) groups is 1. The van der Waals surface area contributed by atoms with Crippen LogP contribution in [-0.4, -0.2) is 10.8 Å². The molecule has 126 valence electrons. The summed E-state index contributed by atoms with van der Waals surface area (Å²) in [5, 5.41) is 14.1. The Morgan fingerprint density at radius 2 is 1.88 bits per heavy atom. The van der Waals surface area contributed by atoms with E-state index in [1.54, 1.807) is 24.3 Å². The van der Waals surface area contributed by atoms with E-state index in [9.17, 15) is 14.9 Å². The molecule has 0 radical (unpaired) electrons. The summed E-state index contributed by atoms with van der Waals surface area (Å²) in [5.41, 5.74) is 0.202. The van der Waals surface area contributed by atoms with Crippen LogP contribution in [0.25, 0.3) is 0 Å². The highest BCUT2D eigenvalue weighted by Gasteiger charge is 2.25. The summed E-state index contributed by atoms with van der Waals surface area (Å²) < 4.78 is 5.59. The van der Waals surface area contributed by atoms with E-state index >= 15 is 0 Å². The average Bonchev–Trinajstić information content (AvgIpc) is 2.51. The topological polar surface area (TPSA) is 81.5 Å². The van der Waals surface area contributed by atoms with Gasteiger partial charge in [-0.2, -0.15) is 0 Å². The molecule has 0 aliphatic rings. The van der Waals surface area contributed by atoms with Gasteiger partial charge in [-0.05, 0) is 17.7 Å². The number of hydrogen-bond acceptors (Lipinski definition) is 4. The minimum Gasteiger partial charge on any atom is -0.485 e. The van der Waals surface area contributed by atoms with Gasteiger partial charge >= 0.3 is 0 Å². The lowest BCUT2D eigenvalue weighted by Crippen LogP contribution is -2.11. The molecule has 0 spiro atoms. The Balaban J connectivity index is 2.43. The maximum absolute atomic E-state index is 11.4. The molecule has 6 nitrogen and oxygen atoms in total. The Kier molecular flexibility index (Phi) is 5.88. The van der Waals surface area contributed by atoms with Gasteiger partial charge in [-0.25, -0.2) is 0 Å². The Labute approximate surface area is 152 Å². The molecule has 0 fully saturated rings. The quantitative estimate of drug-likeness (QED) is 0.570. The molecule has 2 rings (SSSR count). The van der Waals surface area contributed by atoms with E-state index < -0.39 is 16.5 Å². The first-order valence-electron chi connectivity index (χ1n) is 6.60. The third-order valence-electron chi connectivity index (χ3n) is 2.95. The number of anilines is 1. The monoisotopic (exact) mass is 388 g/mol. The van der Waals surface area contributed by atoms with Crippen LogP contribution >= 0.6 is 34.8 Å². The Morgan fingerprint density at radius 1 is 1.25 bits per heavy atom. The standard InChI is InChI=1S/C15H11Cl3N2O4/c1-8(21)19-14-12(20(22)23)6-11(17)13(18)15(14)24-7-9-2-4-10(16)5-3-9/h2-6H,7H2,1H3,(H,19,21). The molecule has 0 saturated carbocycles. The molecule has 9 heteroatoms. The summed E-state index contributed by atoms with van der Waals surface area (Å²) in [7, 11) is 0. The highest BCUT2D eigenvalue weighted by atomic mass is 35.5. The number of nitrogens with one attached hydrogen (secondary N) is 1. The van der Waals surface area contributed by atoms with E-state index in [1.165, 1.54) is 6.92 Å². The molecule has 0 aliphatic carbocycles. The van der Waals surface area contributed by atoms with E-state index in [0.29, 0.717) is 5.02 Å². The van der Waals surface area contributed by atoms with E-state index in [4.69, 9.17) is 39.5 Å². The number of amides is 1. The van der Waals surface area contributed by atoms with Crippen molar-refractivity contribution in [2.75, 3.05) is 5.32 Å². The number of halogens is 3. The molecule has 2 aromatic rings. The van der Waals surface area contributed by atoms with Gasteiger partial charge in [0.1, 0.15) is 11.6 Å². The third-order valence-corrected chi connectivity index (χ3v) is 3.97. The lowest BCUT2D eigenvalue weighted by molar-refractivity contribution is -0.384. The number of carbonyl (C=O) groups excluding carboxylic acids is 1. The number of nitro benzene ring substituents is 1. The minimum atomic E-state index is -0.678. The predicted molar refractivity (Wildman–Crippen MR) is 93.2 cm³/mol. The van der Waals surface area contributed by atoms with Crippen molar-refractivity contribution >= 4 is 52.1 Å². The van der Waals surface area contributed by atoms with Crippen LogP contribution in [0.15, 0.2) is 30.3 Å². The molecule has 0 bridgehead atoms. The normalized spacial score (nSPS) is 10.3. The Morgan fingerprint density at radius 3 is 2.42 bits per heavy atom. The summed E-state index contributed by atoms with van der Waals surface area (Å²) >= 11 is 17.8. The van der Waals surface area contributed by atoms with Gasteiger partial charge in [-0.1, -0.05) is 46.9 Å². The fourth-order valence-corrected chi connectivity index (χ4v) is 2.42. The number of nitrogens with zero attached hydrogens (tertiary/aromatic N) is 1. The first-order chi connectivity index (χ1) is 11.3. The van der Waals surface area contributed by atoms with Gasteiger partial charge in [0.15, 0.2) is 11.4 Å². The first kappa shape index (κ1) is 18.3. The minimum absolute atomic E-state index is 0.0278. The third kappa shape index (κ3) is 4.29. The summed E-state index contributed by atoms with van der Waals surface area (Å²) in [6.07, 6.45) is 0. The molecule has 0 aliphatic heterocycles. The molecular weight excluding hydrogens is 379 g/mol. The SMILES string of the molecule is CC(=O)Nc1c([N+](=O)[O-])cc(Cl)c(Cl)c1OCc1ccc(Cl)cc1. The number of hydrogen-bond donors (Lipinski definition) is 1. The lowest BCUT2D eigenvalue weighted by atomic mass is 10.2. The molecular formula is C15H11Cl3N2O4. The van der Waals surface area contributed by atoms with Gasteiger partial charge in [0.2, 0.25) is 5.91 Å². The maximum atomic E-state index is 11.4. The molecule has 2 aromatic carbocycles. The van der Waals surface area contributed by atoms with Crippen molar-refractivity contribution in [3.63, 3.8) is 0 Å². The number of rotatable bonds is 5. The second-order valence-electron chi connectivity index (χ2n) is 4.75. The van der Waals surface area contributed by atoms with Crippen molar-refractivity contribution in [2.24, 2.45) is 0 Å². The predicted octanol–water partition coefficient (Wildman–Crippen LogP) is 5.09. The summed E-state index contributed by atoms with van der Waals surface area (Å²) in [4.78, 5) is 21.9. The van der Waals surface area contributed by atoms with Gasteiger partial charge in [0.05, 0.1) is 9.95 Å². The Bertz CT molecular complexity index is 794. The van der Waals surface area contributed by atoms with Crippen molar-refractivity contribution in [3.05, 3.63) is 61.1 Å². The second kappa shape index (κ2) is 7.70. The molecule has 1 amide bonds. The van der Waals surface area contributed by atoms with Crippen molar-refractivity contribution in [3.8, 4) is 5.75 Å². The molecule has 0 saturated heterocycles. The van der Waals surface area contributed by atoms with Crippen molar-refractivity contribution in [1.29, 1.82) is 0 Å².